The van der Waals surface area contributed by atoms with Crippen molar-refractivity contribution < 1.29 is 0 Å². The fourth-order valence-electron chi connectivity index (χ4n) is 1.71. The van der Waals surface area contributed by atoms with Crippen molar-refractivity contribution in [1.29, 1.82) is 5.26 Å². The molecule has 3 heteroatoms. The number of aryl methyl sites for hydroxylation is 1. The lowest BCUT2D eigenvalue weighted by atomic mass is 10.1. The molecule has 0 saturated carbocycles. The van der Waals surface area contributed by atoms with Gasteiger partial charge in [0.15, 0.2) is 0 Å². The minimum atomic E-state index is 0.648. The van der Waals surface area contributed by atoms with Crippen LogP contribution in [0.25, 0.3) is 0 Å². The summed E-state index contributed by atoms with van der Waals surface area (Å²) in [4.78, 5) is 0. The predicted molar refractivity (Wildman–Crippen MR) is 74.7 cm³/mol. The van der Waals surface area contributed by atoms with E-state index in [0.29, 0.717) is 12.1 Å². The van der Waals surface area contributed by atoms with E-state index in [0.717, 1.165) is 21.8 Å². The summed E-state index contributed by atoms with van der Waals surface area (Å²) in [5.74, 6) is 0. The van der Waals surface area contributed by atoms with Gasteiger partial charge in [0.05, 0.1) is 11.6 Å². The first-order valence-corrected chi connectivity index (χ1v) is 6.06. The number of nitrogens with zero attached hydrogens (tertiary/aromatic N) is 1. The lowest BCUT2D eigenvalue weighted by Gasteiger charge is -2.10. The first-order chi connectivity index (χ1) is 8.70. The van der Waals surface area contributed by atoms with Crippen LogP contribution in [0.5, 0.6) is 0 Å². The second-order valence-corrected chi connectivity index (χ2v) is 4.49. The van der Waals surface area contributed by atoms with Gasteiger partial charge in [-0.05, 0) is 36.2 Å². The van der Waals surface area contributed by atoms with E-state index in [-0.39, 0.29) is 0 Å². The molecule has 0 heterocycles. The minimum Gasteiger partial charge on any atom is -0.381 e. The molecule has 1 N–H and O–H groups in total. The summed E-state index contributed by atoms with van der Waals surface area (Å²) < 4.78 is 0. The summed E-state index contributed by atoms with van der Waals surface area (Å²) in [5.41, 5.74) is 3.78. The highest BCUT2D eigenvalue weighted by Gasteiger charge is 2.02. The number of benzene rings is 2. The second kappa shape index (κ2) is 5.57. The summed E-state index contributed by atoms with van der Waals surface area (Å²) in [6.45, 7) is 2.66. The first kappa shape index (κ1) is 12.5. The Bertz CT molecular complexity index is 600. The highest BCUT2D eigenvalue weighted by molar-refractivity contribution is 6.31. The molecular weight excluding hydrogens is 244 g/mol. The Labute approximate surface area is 112 Å². The van der Waals surface area contributed by atoms with Gasteiger partial charge in [-0.1, -0.05) is 35.9 Å². The monoisotopic (exact) mass is 256 g/mol. The number of hydrogen-bond acceptors (Lipinski definition) is 2. The van der Waals surface area contributed by atoms with Crippen molar-refractivity contribution in [3.05, 3.63) is 64.2 Å². The van der Waals surface area contributed by atoms with Crippen molar-refractivity contribution in [2.45, 2.75) is 13.5 Å². The number of nitriles is 1. The Balaban J connectivity index is 2.16. The Morgan fingerprint density at radius 1 is 1.22 bits per heavy atom. The highest BCUT2D eigenvalue weighted by Crippen LogP contribution is 2.20. The highest BCUT2D eigenvalue weighted by atomic mass is 35.5. The van der Waals surface area contributed by atoms with E-state index in [1.165, 1.54) is 0 Å². The Morgan fingerprint density at radius 3 is 2.72 bits per heavy atom. The average molecular weight is 257 g/mol. The van der Waals surface area contributed by atoms with E-state index in [1.807, 2.05) is 49.4 Å². The summed E-state index contributed by atoms with van der Waals surface area (Å²) in [6, 6.07) is 15.5. The quantitative estimate of drug-likeness (QED) is 0.896. The summed E-state index contributed by atoms with van der Waals surface area (Å²) in [5, 5.41) is 12.9. The Kier molecular flexibility index (Phi) is 3.86. The molecule has 0 radical (unpaired) electrons. The molecule has 2 aromatic rings. The van der Waals surface area contributed by atoms with Crippen LogP contribution in [0.15, 0.2) is 42.5 Å². The van der Waals surface area contributed by atoms with Crippen molar-refractivity contribution in [2.75, 3.05) is 5.32 Å². The molecule has 0 unspecified atom stereocenters. The third kappa shape index (κ3) is 2.82. The van der Waals surface area contributed by atoms with Gasteiger partial charge < -0.3 is 5.32 Å². The topological polar surface area (TPSA) is 35.8 Å². The molecule has 0 bridgehead atoms. The zero-order valence-corrected chi connectivity index (χ0v) is 10.8. The molecule has 0 saturated heterocycles. The van der Waals surface area contributed by atoms with Crippen LogP contribution < -0.4 is 5.32 Å². The number of rotatable bonds is 3. The molecule has 18 heavy (non-hydrogen) atoms. The molecule has 0 fully saturated rings. The van der Waals surface area contributed by atoms with Gasteiger partial charge in [0.1, 0.15) is 0 Å². The molecule has 90 valence electrons. The maximum atomic E-state index is 8.88. The molecule has 0 spiro atoms. The Hall–Kier alpha value is -1.98. The van der Waals surface area contributed by atoms with Gasteiger partial charge in [0.25, 0.3) is 0 Å². The molecule has 2 rings (SSSR count). The van der Waals surface area contributed by atoms with Gasteiger partial charge in [0.2, 0.25) is 0 Å². The van der Waals surface area contributed by atoms with Gasteiger partial charge in [-0.3, -0.25) is 0 Å². The van der Waals surface area contributed by atoms with Crippen LogP contribution in [0.2, 0.25) is 5.02 Å². The molecule has 2 aromatic carbocycles. The van der Waals surface area contributed by atoms with Crippen molar-refractivity contribution >= 4 is 17.3 Å². The number of hydrogen-bond donors (Lipinski definition) is 1. The van der Waals surface area contributed by atoms with E-state index >= 15 is 0 Å². The Morgan fingerprint density at radius 2 is 2.00 bits per heavy atom. The van der Waals surface area contributed by atoms with Gasteiger partial charge in [-0.25, -0.2) is 0 Å². The van der Waals surface area contributed by atoms with Crippen LogP contribution in [0, 0.1) is 18.3 Å². The number of anilines is 1. The van der Waals surface area contributed by atoms with Crippen LogP contribution >= 0.6 is 11.6 Å². The third-order valence-electron chi connectivity index (χ3n) is 2.79. The fourth-order valence-corrected chi connectivity index (χ4v) is 1.92. The van der Waals surface area contributed by atoms with E-state index in [4.69, 9.17) is 16.9 Å². The smallest absolute Gasteiger partial charge is 0.0992 e. The second-order valence-electron chi connectivity index (χ2n) is 4.09. The molecule has 0 aliphatic heterocycles. The SMILES string of the molecule is Cc1ccc(C#N)cc1NCc1ccccc1Cl. The van der Waals surface area contributed by atoms with Crippen LogP contribution in [0.1, 0.15) is 16.7 Å². The van der Waals surface area contributed by atoms with Crippen LogP contribution in [-0.4, -0.2) is 0 Å². The molecule has 0 aromatic heterocycles. The minimum absolute atomic E-state index is 0.648. The lowest BCUT2D eigenvalue weighted by Crippen LogP contribution is -2.01. The zero-order valence-electron chi connectivity index (χ0n) is 10.1. The van der Waals surface area contributed by atoms with Gasteiger partial charge in [0, 0.05) is 17.3 Å². The maximum absolute atomic E-state index is 8.88. The molecule has 0 aliphatic carbocycles. The van der Waals surface area contributed by atoms with Crippen molar-refractivity contribution in [1.82, 2.24) is 0 Å². The van der Waals surface area contributed by atoms with E-state index in [1.54, 1.807) is 0 Å². The van der Waals surface area contributed by atoms with E-state index in [9.17, 15) is 0 Å². The average Bonchev–Trinajstić information content (AvgIpc) is 2.39. The molecule has 0 atom stereocenters. The van der Waals surface area contributed by atoms with Crippen LogP contribution in [0.4, 0.5) is 5.69 Å². The van der Waals surface area contributed by atoms with Gasteiger partial charge >= 0.3 is 0 Å². The van der Waals surface area contributed by atoms with Crippen molar-refractivity contribution in [2.24, 2.45) is 0 Å². The summed E-state index contributed by atoms with van der Waals surface area (Å²) in [6.07, 6.45) is 0. The largest absolute Gasteiger partial charge is 0.381 e. The van der Waals surface area contributed by atoms with Gasteiger partial charge in [-0.2, -0.15) is 5.26 Å². The first-order valence-electron chi connectivity index (χ1n) is 5.69. The van der Waals surface area contributed by atoms with Crippen LogP contribution in [-0.2, 0) is 6.54 Å². The number of nitrogens with one attached hydrogen (secondary N) is 1. The molecule has 0 aliphatic rings. The zero-order chi connectivity index (χ0) is 13.0. The molecule has 2 nitrogen and oxygen atoms in total. The number of halogens is 1. The summed E-state index contributed by atoms with van der Waals surface area (Å²) in [7, 11) is 0. The third-order valence-corrected chi connectivity index (χ3v) is 3.16. The molecule has 0 amide bonds. The fraction of sp³-hybridized carbons (Fsp3) is 0.133. The maximum Gasteiger partial charge on any atom is 0.0992 e. The van der Waals surface area contributed by atoms with Crippen LogP contribution in [0.3, 0.4) is 0 Å². The summed E-state index contributed by atoms with van der Waals surface area (Å²) >= 11 is 6.10. The standard InChI is InChI=1S/C15H13ClN2/c1-11-6-7-12(9-17)8-15(11)18-10-13-4-2-3-5-14(13)16/h2-8,18H,10H2,1H3. The van der Waals surface area contributed by atoms with E-state index in [2.05, 4.69) is 11.4 Å². The van der Waals surface area contributed by atoms with Gasteiger partial charge in [-0.15, -0.1) is 0 Å². The normalized spacial score (nSPS) is 9.83. The predicted octanol–water partition coefficient (Wildman–Crippen LogP) is 4.13. The van der Waals surface area contributed by atoms with Crippen molar-refractivity contribution in [3.63, 3.8) is 0 Å². The molecular formula is C15H13ClN2. The van der Waals surface area contributed by atoms with E-state index < -0.39 is 0 Å². The lowest BCUT2D eigenvalue weighted by molar-refractivity contribution is 1.14. The van der Waals surface area contributed by atoms with Crippen molar-refractivity contribution in [3.8, 4) is 6.07 Å².